The number of carbonyl (C=O) groups is 1. The van der Waals surface area contributed by atoms with Crippen LogP contribution in [0.3, 0.4) is 0 Å². The topological polar surface area (TPSA) is 94.5 Å². The highest BCUT2D eigenvalue weighted by Crippen LogP contribution is 2.43. The number of ether oxygens (including phenoxy) is 3. The van der Waals surface area contributed by atoms with Crippen molar-refractivity contribution in [1.82, 2.24) is 0 Å². The summed E-state index contributed by atoms with van der Waals surface area (Å²) in [5, 5.41) is 0.343. The molecule has 0 bridgehead atoms. The summed E-state index contributed by atoms with van der Waals surface area (Å²) in [6.45, 7) is 0.0356. The molecule has 10 heteroatoms. The standard InChI is InChI=1S/C15H16N2O6S2/c1-21-5-14(18)16-15-17(10-6-25(19,20)7-13(10)24-15)9-2-3-11-12(4-9)23-8-22-11/h2-4,10,13H,5-8H2,1H3. The van der Waals surface area contributed by atoms with Crippen LogP contribution in [0.5, 0.6) is 11.5 Å². The third kappa shape index (κ3) is 3.09. The number of fused-ring (bicyclic) bond motifs is 2. The molecule has 2 unspecified atom stereocenters. The minimum Gasteiger partial charge on any atom is -0.454 e. The normalized spacial score (nSPS) is 27.7. The number of rotatable bonds is 3. The van der Waals surface area contributed by atoms with E-state index in [1.165, 1.54) is 18.9 Å². The van der Waals surface area contributed by atoms with E-state index in [2.05, 4.69) is 4.99 Å². The third-order valence-corrected chi connectivity index (χ3v) is 7.40. The van der Waals surface area contributed by atoms with E-state index in [0.717, 1.165) is 5.69 Å². The second-order valence-electron chi connectivity index (χ2n) is 5.93. The van der Waals surface area contributed by atoms with Crippen LogP contribution in [0, 0.1) is 0 Å². The van der Waals surface area contributed by atoms with E-state index in [1.807, 2.05) is 11.0 Å². The molecule has 3 aliphatic rings. The van der Waals surface area contributed by atoms with Gasteiger partial charge in [0.05, 0.1) is 17.5 Å². The summed E-state index contributed by atoms with van der Waals surface area (Å²) >= 11 is 1.32. The van der Waals surface area contributed by atoms with Gasteiger partial charge in [0.15, 0.2) is 26.5 Å². The van der Waals surface area contributed by atoms with Gasteiger partial charge in [-0.2, -0.15) is 4.99 Å². The molecular weight excluding hydrogens is 368 g/mol. The van der Waals surface area contributed by atoms with Crippen molar-refractivity contribution in [2.75, 3.05) is 36.9 Å². The molecule has 0 spiro atoms. The molecule has 2 saturated heterocycles. The molecule has 4 rings (SSSR count). The van der Waals surface area contributed by atoms with Crippen LogP contribution in [0.4, 0.5) is 5.69 Å². The summed E-state index contributed by atoms with van der Waals surface area (Å²) in [6.07, 6.45) is 0. The van der Waals surface area contributed by atoms with Gasteiger partial charge in [0.1, 0.15) is 6.61 Å². The lowest BCUT2D eigenvalue weighted by Gasteiger charge is -2.24. The molecule has 2 fully saturated rings. The highest BCUT2D eigenvalue weighted by molar-refractivity contribution is 8.16. The Hall–Kier alpha value is -1.78. The second kappa shape index (κ2) is 6.19. The fourth-order valence-electron chi connectivity index (χ4n) is 3.16. The Labute approximate surface area is 149 Å². The number of aliphatic imine (C=N–C) groups is 1. The molecule has 134 valence electrons. The summed E-state index contributed by atoms with van der Waals surface area (Å²) in [4.78, 5) is 17.8. The number of thioether (sulfide) groups is 1. The average molecular weight is 384 g/mol. The molecule has 2 atom stereocenters. The lowest BCUT2D eigenvalue weighted by molar-refractivity contribution is -0.121. The summed E-state index contributed by atoms with van der Waals surface area (Å²) in [5.74, 6) is 0.949. The number of methoxy groups -OCH3 is 1. The number of amides is 1. The largest absolute Gasteiger partial charge is 0.454 e. The highest BCUT2D eigenvalue weighted by atomic mass is 32.2. The van der Waals surface area contributed by atoms with Crippen molar-refractivity contribution in [3.8, 4) is 11.5 Å². The number of nitrogens with zero attached hydrogens (tertiary/aromatic N) is 2. The smallest absolute Gasteiger partial charge is 0.274 e. The SMILES string of the molecule is COCC(=O)N=C1SC2CS(=O)(=O)CC2N1c1ccc2c(c1)OCO2. The molecule has 3 aliphatic heterocycles. The first-order valence-corrected chi connectivity index (χ1v) is 10.3. The van der Waals surface area contributed by atoms with Crippen molar-refractivity contribution < 1.29 is 27.4 Å². The Morgan fingerprint density at radius 3 is 2.96 bits per heavy atom. The Balaban J connectivity index is 1.72. The van der Waals surface area contributed by atoms with Crippen molar-refractivity contribution in [1.29, 1.82) is 0 Å². The van der Waals surface area contributed by atoms with Crippen LogP contribution in [-0.4, -0.2) is 62.8 Å². The predicted octanol–water partition coefficient (Wildman–Crippen LogP) is 0.663. The van der Waals surface area contributed by atoms with Gasteiger partial charge in [-0.15, -0.1) is 0 Å². The maximum atomic E-state index is 12.0. The number of hydrogen-bond acceptors (Lipinski definition) is 7. The van der Waals surface area contributed by atoms with Crippen molar-refractivity contribution in [3.05, 3.63) is 18.2 Å². The molecule has 0 aliphatic carbocycles. The molecule has 0 aromatic heterocycles. The van der Waals surface area contributed by atoms with Crippen LogP contribution in [0.25, 0.3) is 0 Å². The van der Waals surface area contributed by atoms with E-state index >= 15 is 0 Å². The minimum atomic E-state index is -3.10. The third-order valence-electron chi connectivity index (χ3n) is 4.19. The Kier molecular flexibility index (Phi) is 4.13. The minimum absolute atomic E-state index is 0.0383. The maximum Gasteiger partial charge on any atom is 0.274 e. The summed E-state index contributed by atoms with van der Waals surface area (Å²) in [5.41, 5.74) is 0.727. The Bertz CT molecular complexity index is 854. The lowest BCUT2D eigenvalue weighted by Crippen LogP contribution is -2.37. The molecule has 0 N–H and O–H groups in total. The lowest BCUT2D eigenvalue weighted by atomic mass is 10.2. The van der Waals surface area contributed by atoms with Gasteiger partial charge in [0.2, 0.25) is 6.79 Å². The zero-order valence-electron chi connectivity index (χ0n) is 13.4. The monoisotopic (exact) mass is 384 g/mol. The van der Waals surface area contributed by atoms with Gasteiger partial charge >= 0.3 is 0 Å². The summed E-state index contributed by atoms with van der Waals surface area (Å²) in [6, 6.07) is 5.11. The highest BCUT2D eigenvalue weighted by Gasteiger charge is 2.49. The molecule has 8 nitrogen and oxygen atoms in total. The Morgan fingerprint density at radius 2 is 2.16 bits per heavy atom. The quantitative estimate of drug-likeness (QED) is 0.750. The number of carbonyl (C=O) groups excluding carboxylic acids is 1. The molecule has 1 amide bonds. The van der Waals surface area contributed by atoms with Gasteiger partial charge in [-0.3, -0.25) is 4.79 Å². The van der Waals surface area contributed by atoms with E-state index in [9.17, 15) is 13.2 Å². The van der Waals surface area contributed by atoms with Crippen LogP contribution < -0.4 is 14.4 Å². The summed E-state index contributed by atoms with van der Waals surface area (Å²) < 4.78 is 39.6. The predicted molar refractivity (Wildman–Crippen MR) is 93.2 cm³/mol. The van der Waals surface area contributed by atoms with Gasteiger partial charge in [-0.1, -0.05) is 11.8 Å². The van der Waals surface area contributed by atoms with Gasteiger partial charge < -0.3 is 19.1 Å². The van der Waals surface area contributed by atoms with Crippen LogP contribution in [-0.2, 0) is 19.4 Å². The van der Waals surface area contributed by atoms with Crippen LogP contribution >= 0.6 is 11.8 Å². The van der Waals surface area contributed by atoms with E-state index in [1.54, 1.807) is 12.1 Å². The van der Waals surface area contributed by atoms with E-state index in [0.29, 0.717) is 16.7 Å². The van der Waals surface area contributed by atoms with Crippen molar-refractivity contribution in [2.45, 2.75) is 11.3 Å². The number of amidine groups is 1. The van der Waals surface area contributed by atoms with Crippen LogP contribution in [0.2, 0.25) is 0 Å². The Morgan fingerprint density at radius 1 is 1.36 bits per heavy atom. The van der Waals surface area contributed by atoms with Crippen LogP contribution in [0.1, 0.15) is 0 Å². The average Bonchev–Trinajstić information content (AvgIpc) is 3.18. The van der Waals surface area contributed by atoms with Crippen molar-refractivity contribution in [2.24, 2.45) is 4.99 Å². The fraction of sp³-hybridized carbons (Fsp3) is 0.467. The first kappa shape index (κ1) is 16.7. The van der Waals surface area contributed by atoms with Crippen molar-refractivity contribution >= 4 is 38.4 Å². The molecule has 0 saturated carbocycles. The van der Waals surface area contributed by atoms with Gasteiger partial charge in [0.25, 0.3) is 5.91 Å². The molecule has 0 radical (unpaired) electrons. The summed E-state index contributed by atoms with van der Waals surface area (Å²) in [7, 11) is -1.68. The first-order valence-electron chi connectivity index (χ1n) is 7.63. The van der Waals surface area contributed by atoms with E-state index in [-0.39, 0.29) is 36.2 Å². The molecule has 1 aromatic carbocycles. The van der Waals surface area contributed by atoms with Crippen molar-refractivity contribution in [3.63, 3.8) is 0 Å². The van der Waals surface area contributed by atoms with Crippen LogP contribution in [0.15, 0.2) is 23.2 Å². The zero-order valence-corrected chi connectivity index (χ0v) is 15.0. The molecule has 1 aromatic rings. The fourth-order valence-corrected chi connectivity index (χ4v) is 7.10. The maximum absolute atomic E-state index is 12.0. The molecular formula is C15H16N2O6S2. The van der Waals surface area contributed by atoms with E-state index in [4.69, 9.17) is 14.2 Å². The van der Waals surface area contributed by atoms with Gasteiger partial charge in [0, 0.05) is 24.1 Å². The zero-order chi connectivity index (χ0) is 17.6. The number of sulfone groups is 1. The number of hydrogen-bond donors (Lipinski definition) is 0. The van der Waals surface area contributed by atoms with Gasteiger partial charge in [-0.25, -0.2) is 8.42 Å². The second-order valence-corrected chi connectivity index (χ2v) is 9.29. The molecule has 3 heterocycles. The van der Waals surface area contributed by atoms with E-state index < -0.39 is 15.7 Å². The molecule has 25 heavy (non-hydrogen) atoms. The number of benzene rings is 1. The first-order chi connectivity index (χ1) is 12.0. The van der Waals surface area contributed by atoms with Gasteiger partial charge in [-0.05, 0) is 12.1 Å². The number of anilines is 1.